The molecular weight excluding hydrogens is 224 g/mol. The van der Waals surface area contributed by atoms with Crippen molar-refractivity contribution in [3.05, 3.63) is 29.3 Å². The van der Waals surface area contributed by atoms with Crippen LogP contribution < -0.4 is 10.1 Å². The number of likely N-dealkylation sites (N-methyl/N-ethyl adjacent to an activating group) is 1. The summed E-state index contributed by atoms with van der Waals surface area (Å²) in [6, 6.07) is 7.08. The molecule has 1 aliphatic rings. The van der Waals surface area contributed by atoms with Gasteiger partial charge >= 0.3 is 0 Å². The van der Waals surface area contributed by atoms with Crippen LogP contribution in [0.3, 0.4) is 0 Å². The van der Waals surface area contributed by atoms with Crippen LogP contribution in [-0.4, -0.2) is 43.7 Å². The van der Waals surface area contributed by atoms with Crippen molar-refractivity contribution in [2.45, 2.75) is 26.8 Å². The lowest BCUT2D eigenvalue weighted by atomic mass is 10.1. The Morgan fingerprint density at radius 3 is 2.72 bits per heavy atom. The summed E-state index contributed by atoms with van der Waals surface area (Å²) in [4.78, 5) is 2.49. The van der Waals surface area contributed by atoms with E-state index >= 15 is 0 Å². The van der Waals surface area contributed by atoms with E-state index in [4.69, 9.17) is 4.74 Å². The maximum Gasteiger partial charge on any atom is 0.122 e. The molecule has 1 N–H and O–H groups in total. The average molecular weight is 248 g/mol. The van der Waals surface area contributed by atoms with Crippen molar-refractivity contribution in [3.8, 4) is 5.75 Å². The monoisotopic (exact) mass is 248 g/mol. The molecule has 0 radical (unpaired) electrons. The highest BCUT2D eigenvalue weighted by Gasteiger charge is 2.22. The number of benzene rings is 1. The first-order valence-corrected chi connectivity index (χ1v) is 6.85. The van der Waals surface area contributed by atoms with Crippen LogP contribution in [0.25, 0.3) is 0 Å². The molecule has 1 aromatic rings. The number of nitrogens with one attached hydrogen (secondary N) is 1. The van der Waals surface area contributed by atoms with Gasteiger partial charge in [-0.05, 0) is 37.6 Å². The highest BCUT2D eigenvalue weighted by molar-refractivity contribution is 5.35. The van der Waals surface area contributed by atoms with Gasteiger partial charge in [0, 0.05) is 25.7 Å². The molecule has 0 saturated carbocycles. The van der Waals surface area contributed by atoms with Crippen LogP contribution in [-0.2, 0) is 0 Å². The summed E-state index contributed by atoms with van der Waals surface area (Å²) in [5.41, 5.74) is 2.47. The number of hydrogen-bond donors (Lipinski definition) is 1. The molecule has 1 heterocycles. The van der Waals surface area contributed by atoms with Gasteiger partial charge in [0.25, 0.3) is 0 Å². The lowest BCUT2D eigenvalue weighted by Gasteiger charge is -2.37. The Kier molecular flexibility index (Phi) is 4.61. The second-order valence-electron chi connectivity index (χ2n) is 5.06. The molecule has 0 bridgehead atoms. The Morgan fingerprint density at radius 2 is 2.11 bits per heavy atom. The van der Waals surface area contributed by atoms with Gasteiger partial charge in [0.2, 0.25) is 0 Å². The molecule has 0 aromatic heterocycles. The molecule has 1 aromatic carbocycles. The average Bonchev–Trinajstić information content (AvgIpc) is 2.29. The molecule has 1 saturated heterocycles. The summed E-state index contributed by atoms with van der Waals surface area (Å²) in [5.74, 6) is 1.03. The van der Waals surface area contributed by atoms with E-state index < -0.39 is 0 Å². The van der Waals surface area contributed by atoms with Crippen molar-refractivity contribution < 1.29 is 4.74 Å². The molecule has 0 unspecified atom stereocenters. The molecule has 3 nitrogen and oxygen atoms in total. The van der Waals surface area contributed by atoms with Crippen LogP contribution in [0.2, 0.25) is 0 Å². The summed E-state index contributed by atoms with van der Waals surface area (Å²) >= 11 is 0. The van der Waals surface area contributed by atoms with Gasteiger partial charge < -0.3 is 10.1 Å². The van der Waals surface area contributed by atoms with Gasteiger partial charge in [-0.1, -0.05) is 19.1 Å². The second-order valence-corrected chi connectivity index (χ2v) is 5.06. The van der Waals surface area contributed by atoms with Crippen LogP contribution in [0.4, 0.5) is 0 Å². The smallest absolute Gasteiger partial charge is 0.122 e. The van der Waals surface area contributed by atoms with E-state index in [2.05, 4.69) is 49.2 Å². The molecule has 0 aliphatic carbocycles. The van der Waals surface area contributed by atoms with E-state index in [1.165, 1.54) is 11.1 Å². The first-order chi connectivity index (χ1) is 8.70. The van der Waals surface area contributed by atoms with Crippen molar-refractivity contribution in [3.63, 3.8) is 0 Å². The van der Waals surface area contributed by atoms with Gasteiger partial charge in [-0.3, -0.25) is 4.90 Å². The molecule has 0 amide bonds. The van der Waals surface area contributed by atoms with Crippen molar-refractivity contribution in [2.75, 3.05) is 32.8 Å². The maximum absolute atomic E-state index is 5.91. The van der Waals surface area contributed by atoms with Gasteiger partial charge in [0.1, 0.15) is 12.4 Å². The lowest BCUT2D eigenvalue weighted by Crippen LogP contribution is -2.57. The fourth-order valence-electron chi connectivity index (χ4n) is 2.27. The number of hydrogen-bond acceptors (Lipinski definition) is 3. The van der Waals surface area contributed by atoms with E-state index in [1.807, 2.05) is 0 Å². The molecular formula is C15H24N2O. The largest absolute Gasteiger partial charge is 0.492 e. The SMILES string of the molecule is CCN(CCOc1cc(C)ccc1C)C1CNC1. The molecule has 3 heteroatoms. The molecule has 100 valence electrons. The third kappa shape index (κ3) is 3.24. The van der Waals surface area contributed by atoms with Gasteiger partial charge in [0.05, 0.1) is 0 Å². The summed E-state index contributed by atoms with van der Waals surface area (Å²) < 4.78 is 5.91. The van der Waals surface area contributed by atoms with Gasteiger partial charge in [0.15, 0.2) is 0 Å². The zero-order valence-corrected chi connectivity index (χ0v) is 11.7. The Balaban J connectivity index is 1.81. The highest BCUT2D eigenvalue weighted by Crippen LogP contribution is 2.19. The van der Waals surface area contributed by atoms with E-state index in [9.17, 15) is 0 Å². The molecule has 1 aliphatic heterocycles. The summed E-state index contributed by atoms with van der Waals surface area (Å²) in [6.07, 6.45) is 0. The molecule has 0 spiro atoms. The predicted molar refractivity (Wildman–Crippen MR) is 75.3 cm³/mol. The van der Waals surface area contributed by atoms with Gasteiger partial charge in [-0.25, -0.2) is 0 Å². The minimum Gasteiger partial charge on any atom is -0.492 e. The molecule has 18 heavy (non-hydrogen) atoms. The zero-order valence-electron chi connectivity index (χ0n) is 11.7. The minimum atomic E-state index is 0.706. The van der Waals surface area contributed by atoms with Crippen LogP contribution >= 0.6 is 0 Å². The molecule has 2 rings (SSSR count). The van der Waals surface area contributed by atoms with Crippen LogP contribution in [0.15, 0.2) is 18.2 Å². The quantitative estimate of drug-likeness (QED) is 0.833. The fourth-order valence-corrected chi connectivity index (χ4v) is 2.27. The predicted octanol–water partition coefficient (Wildman–Crippen LogP) is 1.98. The Hall–Kier alpha value is -1.06. The fraction of sp³-hybridized carbons (Fsp3) is 0.600. The summed E-state index contributed by atoms with van der Waals surface area (Å²) in [5, 5.41) is 3.32. The Bertz CT molecular complexity index is 388. The van der Waals surface area contributed by atoms with Crippen LogP contribution in [0.1, 0.15) is 18.1 Å². The zero-order chi connectivity index (χ0) is 13.0. The van der Waals surface area contributed by atoms with Crippen molar-refractivity contribution in [2.24, 2.45) is 0 Å². The van der Waals surface area contributed by atoms with Gasteiger partial charge in [-0.2, -0.15) is 0 Å². The first kappa shape index (κ1) is 13.4. The van der Waals surface area contributed by atoms with Crippen molar-refractivity contribution in [1.29, 1.82) is 0 Å². The number of rotatable bonds is 6. The van der Waals surface area contributed by atoms with E-state index in [0.717, 1.165) is 38.5 Å². The minimum absolute atomic E-state index is 0.706. The standard InChI is InChI=1S/C15H24N2O/c1-4-17(14-10-16-11-14)7-8-18-15-9-12(2)5-6-13(15)3/h5-6,9,14,16H,4,7-8,10-11H2,1-3H3. The third-order valence-corrected chi connectivity index (χ3v) is 3.66. The van der Waals surface area contributed by atoms with E-state index in [1.54, 1.807) is 0 Å². The maximum atomic E-state index is 5.91. The molecule has 0 atom stereocenters. The highest BCUT2D eigenvalue weighted by atomic mass is 16.5. The first-order valence-electron chi connectivity index (χ1n) is 6.85. The summed E-state index contributed by atoms with van der Waals surface area (Å²) in [7, 11) is 0. The van der Waals surface area contributed by atoms with Crippen molar-refractivity contribution in [1.82, 2.24) is 10.2 Å². The Morgan fingerprint density at radius 1 is 1.33 bits per heavy atom. The van der Waals surface area contributed by atoms with Crippen LogP contribution in [0, 0.1) is 13.8 Å². The van der Waals surface area contributed by atoms with Crippen LogP contribution in [0.5, 0.6) is 5.75 Å². The number of ether oxygens (including phenoxy) is 1. The van der Waals surface area contributed by atoms with E-state index in [0.29, 0.717) is 6.04 Å². The Labute approximate surface area is 110 Å². The summed E-state index contributed by atoms with van der Waals surface area (Å²) in [6.45, 7) is 11.5. The topological polar surface area (TPSA) is 24.5 Å². The lowest BCUT2D eigenvalue weighted by molar-refractivity contribution is 0.128. The third-order valence-electron chi connectivity index (χ3n) is 3.66. The second kappa shape index (κ2) is 6.21. The number of aryl methyl sites for hydroxylation is 2. The van der Waals surface area contributed by atoms with Gasteiger partial charge in [-0.15, -0.1) is 0 Å². The van der Waals surface area contributed by atoms with E-state index in [-0.39, 0.29) is 0 Å². The normalized spacial score (nSPS) is 15.8. The number of nitrogens with zero attached hydrogens (tertiary/aromatic N) is 1. The van der Waals surface area contributed by atoms with Crippen molar-refractivity contribution >= 4 is 0 Å². The molecule has 1 fully saturated rings.